The molecule has 1 aliphatic carbocycles. The number of ether oxygens (including phenoxy) is 1. The van der Waals surface area contributed by atoms with E-state index < -0.39 is 6.04 Å². The van der Waals surface area contributed by atoms with Crippen LogP contribution in [0.2, 0.25) is 0 Å². The summed E-state index contributed by atoms with van der Waals surface area (Å²) in [6, 6.07) is 20.5. The maximum Gasteiger partial charge on any atom is 0.258 e. The molecule has 3 aromatic carbocycles. The van der Waals surface area contributed by atoms with Crippen molar-refractivity contribution in [2.75, 3.05) is 13.7 Å². The Kier molecular flexibility index (Phi) is 8.05. The highest BCUT2D eigenvalue weighted by Gasteiger charge is 2.30. The van der Waals surface area contributed by atoms with Crippen LogP contribution in [0.1, 0.15) is 36.8 Å². The third-order valence-corrected chi connectivity index (χ3v) is 6.77. The number of likely N-dealkylation sites (N-methyl/N-ethyl adjacent to an activating group) is 1. The fourth-order valence-corrected chi connectivity index (χ4v) is 4.68. The van der Waals surface area contributed by atoms with E-state index in [0.717, 1.165) is 42.0 Å². The van der Waals surface area contributed by atoms with Crippen molar-refractivity contribution in [2.45, 2.75) is 44.2 Å². The fourth-order valence-electron chi connectivity index (χ4n) is 4.68. The number of fused-ring (bicyclic) bond motifs is 1. The molecule has 4 rings (SSSR count). The standard InChI is InChI=1S/C28H33N5O3/c1-33(23-8-4-5-9-23)28(35)25(16-19-10-12-21(13-11-19)27(29)32-30)31-26(34)18-36-24-15-14-20-6-2-3-7-22(20)17-24/h2-3,6-7,10-15,17,23,25H,4-5,8-9,16,18,30H2,1H3,(H2,29,32)(H,31,34). The number of rotatable bonds is 9. The number of nitrogens with one attached hydrogen (secondary N) is 1. The lowest BCUT2D eigenvalue weighted by Gasteiger charge is -2.29. The second-order valence-corrected chi connectivity index (χ2v) is 9.22. The zero-order valence-electron chi connectivity index (χ0n) is 20.5. The number of nitrogens with zero attached hydrogens (tertiary/aromatic N) is 2. The number of hydrogen-bond acceptors (Lipinski definition) is 5. The van der Waals surface area contributed by atoms with Crippen molar-refractivity contribution >= 4 is 28.4 Å². The van der Waals surface area contributed by atoms with Crippen molar-refractivity contribution in [1.29, 1.82) is 0 Å². The molecule has 0 radical (unpaired) electrons. The first-order valence-corrected chi connectivity index (χ1v) is 12.2. The van der Waals surface area contributed by atoms with Crippen LogP contribution in [0, 0.1) is 0 Å². The van der Waals surface area contributed by atoms with Gasteiger partial charge in [0.25, 0.3) is 5.91 Å². The Labute approximate surface area is 211 Å². The molecule has 0 heterocycles. The van der Waals surface area contributed by atoms with E-state index in [1.54, 1.807) is 17.0 Å². The topological polar surface area (TPSA) is 123 Å². The number of hydrazone groups is 1. The second-order valence-electron chi connectivity index (χ2n) is 9.22. The molecule has 0 aromatic heterocycles. The number of amidine groups is 1. The average Bonchev–Trinajstić information content (AvgIpc) is 3.45. The van der Waals surface area contributed by atoms with Crippen molar-refractivity contribution in [1.82, 2.24) is 10.2 Å². The van der Waals surface area contributed by atoms with Gasteiger partial charge in [-0.15, -0.1) is 0 Å². The van der Waals surface area contributed by atoms with E-state index in [9.17, 15) is 9.59 Å². The molecule has 2 amide bonds. The van der Waals surface area contributed by atoms with Crippen LogP contribution in [-0.2, 0) is 16.0 Å². The Balaban J connectivity index is 1.44. The van der Waals surface area contributed by atoms with Gasteiger partial charge in [-0.2, -0.15) is 5.10 Å². The molecule has 0 bridgehead atoms. The molecular weight excluding hydrogens is 454 g/mol. The lowest BCUT2D eigenvalue weighted by Crippen LogP contribution is -2.51. The third kappa shape index (κ3) is 6.13. The van der Waals surface area contributed by atoms with Crippen LogP contribution < -0.4 is 21.6 Å². The quantitative estimate of drug-likeness (QED) is 0.185. The summed E-state index contributed by atoms with van der Waals surface area (Å²) >= 11 is 0. The van der Waals surface area contributed by atoms with Crippen molar-refractivity contribution in [2.24, 2.45) is 16.7 Å². The van der Waals surface area contributed by atoms with Gasteiger partial charge in [-0.3, -0.25) is 9.59 Å². The number of benzene rings is 3. The minimum atomic E-state index is -0.713. The summed E-state index contributed by atoms with van der Waals surface area (Å²) < 4.78 is 5.75. The zero-order chi connectivity index (χ0) is 25.5. The Morgan fingerprint density at radius 1 is 1.06 bits per heavy atom. The summed E-state index contributed by atoms with van der Waals surface area (Å²) in [7, 11) is 1.82. The highest BCUT2D eigenvalue weighted by atomic mass is 16.5. The summed E-state index contributed by atoms with van der Waals surface area (Å²) in [5.74, 6) is 5.64. The van der Waals surface area contributed by atoms with Crippen molar-refractivity contribution in [3.63, 3.8) is 0 Å². The predicted molar refractivity (Wildman–Crippen MR) is 141 cm³/mol. The predicted octanol–water partition coefficient (Wildman–Crippen LogP) is 2.93. The van der Waals surface area contributed by atoms with E-state index in [1.165, 1.54) is 0 Å². The number of carbonyl (C=O) groups is 2. The fraction of sp³-hybridized carbons (Fsp3) is 0.321. The van der Waals surface area contributed by atoms with E-state index >= 15 is 0 Å². The second kappa shape index (κ2) is 11.6. The summed E-state index contributed by atoms with van der Waals surface area (Å²) in [5, 5.41) is 8.54. The average molecular weight is 488 g/mol. The molecule has 1 unspecified atom stereocenters. The number of carbonyl (C=O) groups excluding carboxylic acids is 2. The van der Waals surface area contributed by atoms with Gasteiger partial charge in [0.1, 0.15) is 17.6 Å². The first kappa shape index (κ1) is 25.0. The van der Waals surface area contributed by atoms with Crippen LogP contribution in [-0.4, -0.2) is 48.3 Å². The van der Waals surface area contributed by atoms with Crippen molar-refractivity contribution < 1.29 is 14.3 Å². The van der Waals surface area contributed by atoms with Crippen molar-refractivity contribution in [3.8, 4) is 5.75 Å². The molecule has 8 heteroatoms. The maximum atomic E-state index is 13.4. The first-order chi connectivity index (χ1) is 17.4. The highest BCUT2D eigenvalue weighted by Crippen LogP contribution is 2.23. The number of nitrogens with two attached hydrogens (primary N) is 2. The Morgan fingerprint density at radius 3 is 2.44 bits per heavy atom. The van der Waals surface area contributed by atoms with Gasteiger partial charge in [-0.05, 0) is 41.3 Å². The summed E-state index contributed by atoms with van der Waals surface area (Å²) in [4.78, 5) is 28.1. The molecule has 8 nitrogen and oxygen atoms in total. The summed E-state index contributed by atoms with van der Waals surface area (Å²) in [5.41, 5.74) is 7.36. The highest BCUT2D eigenvalue weighted by molar-refractivity contribution is 5.97. The van der Waals surface area contributed by atoms with Gasteiger partial charge in [-0.25, -0.2) is 0 Å². The number of amides is 2. The third-order valence-electron chi connectivity index (χ3n) is 6.77. The van der Waals surface area contributed by atoms with Crippen LogP contribution in [0.5, 0.6) is 5.75 Å². The normalized spacial score (nSPS) is 15.0. The molecule has 1 saturated carbocycles. The lowest BCUT2D eigenvalue weighted by molar-refractivity contribution is -0.137. The van der Waals surface area contributed by atoms with Gasteiger partial charge in [0.2, 0.25) is 5.91 Å². The first-order valence-electron chi connectivity index (χ1n) is 12.2. The SMILES string of the molecule is CN(C(=O)C(Cc1ccc(C(N)=NN)cc1)NC(=O)COc1ccc2ccccc2c1)C1CCCC1. The van der Waals surface area contributed by atoms with E-state index in [0.29, 0.717) is 17.7 Å². The summed E-state index contributed by atoms with van der Waals surface area (Å²) in [6.45, 7) is -0.183. The van der Waals surface area contributed by atoms with Crippen LogP contribution in [0.3, 0.4) is 0 Å². The molecule has 0 saturated heterocycles. The van der Waals surface area contributed by atoms with Gasteiger partial charge in [0, 0.05) is 25.1 Å². The molecule has 5 N–H and O–H groups in total. The van der Waals surface area contributed by atoms with Gasteiger partial charge in [-0.1, -0.05) is 67.4 Å². The van der Waals surface area contributed by atoms with E-state index in [4.69, 9.17) is 16.3 Å². The van der Waals surface area contributed by atoms with Crippen LogP contribution >= 0.6 is 0 Å². The summed E-state index contributed by atoms with van der Waals surface area (Å²) in [6.07, 6.45) is 4.55. The zero-order valence-corrected chi connectivity index (χ0v) is 20.5. The number of hydrogen-bond donors (Lipinski definition) is 3. The van der Waals surface area contributed by atoms with Crippen molar-refractivity contribution in [3.05, 3.63) is 77.9 Å². The van der Waals surface area contributed by atoms with Gasteiger partial charge >= 0.3 is 0 Å². The largest absolute Gasteiger partial charge is 0.484 e. The maximum absolute atomic E-state index is 13.4. The molecule has 1 aliphatic rings. The van der Waals surface area contributed by atoms with Gasteiger partial charge < -0.3 is 26.5 Å². The van der Waals surface area contributed by atoms with Gasteiger partial charge in [0.05, 0.1) is 0 Å². The molecule has 36 heavy (non-hydrogen) atoms. The molecule has 0 aliphatic heterocycles. The lowest BCUT2D eigenvalue weighted by atomic mass is 10.0. The Hall–Kier alpha value is -4.07. The molecular formula is C28H33N5O3. The molecule has 1 fully saturated rings. The van der Waals surface area contributed by atoms with Crippen LogP contribution in [0.15, 0.2) is 71.8 Å². The molecule has 0 spiro atoms. The Bertz CT molecular complexity index is 1240. The minimum Gasteiger partial charge on any atom is -0.484 e. The van der Waals surface area contributed by atoms with Gasteiger partial charge in [0.15, 0.2) is 6.61 Å². The van der Waals surface area contributed by atoms with E-state index in [2.05, 4.69) is 10.4 Å². The van der Waals surface area contributed by atoms with E-state index in [-0.39, 0.29) is 30.3 Å². The molecule has 188 valence electrons. The van der Waals surface area contributed by atoms with Crippen LogP contribution in [0.4, 0.5) is 0 Å². The minimum absolute atomic E-state index is 0.104. The van der Waals surface area contributed by atoms with E-state index in [1.807, 2.05) is 61.6 Å². The molecule has 3 aromatic rings. The smallest absolute Gasteiger partial charge is 0.258 e. The Morgan fingerprint density at radius 2 is 1.75 bits per heavy atom. The molecule has 1 atom stereocenters. The monoisotopic (exact) mass is 487 g/mol. The van der Waals surface area contributed by atoms with Crippen LogP contribution in [0.25, 0.3) is 10.8 Å².